The van der Waals surface area contributed by atoms with Gasteiger partial charge in [0.1, 0.15) is 0 Å². The van der Waals surface area contributed by atoms with E-state index in [1.54, 1.807) is 32.0 Å². The first kappa shape index (κ1) is 21.5. The van der Waals surface area contributed by atoms with Crippen LogP contribution in [0, 0.1) is 6.92 Å². The van der Waals surface area contributed by atoms with Gasteiger partial charge in [-0.1, -0.05) is 23.7 Å². The minimum absolute atomic E-state index is 0.0556. The number of Topliss-reactive ketones (excluding diaryl/α,β-unsaturated/α-hetero) is 1. The summed E-state index contributed by atoms with van der Waals surface area (Å²) in [6, 6.07) is 8.81. The van der Waals surface area contributed by atoms with E-state index in [2.05, 4.69) is 5.32 Å². The topological polar surface area (TPSA) is 66.5 Å². The Balaban J connectivity index is 1.66. The maximum atomic E-state index is 12.8. The molecule has 2 heterocycles. The summed E-state index contributed by atoms with van der Waals surface area (Å²) in [7, 11) is 0. The molecule has 2 aromatic rings. The lowest BCUT2D eigenvalue weighted by Crippen LogP contribution is -2.50. The number of rotatable bonds is 6. The molecular formula is C22H25ClN2O3S. The average Bonchev–Trinajstić information content (AvgIpc) is 3.32. The van der Waals surface area contributed by atoms with Gasteiger partial charge in [0.15, 0.2) is 5.78 Å². The van der Waals surface area contributed by atoms with E-state index in [1.807, 2.05) is 24.0 Å². The van der Waals surface area contributed by atoms with Crippen LogP contribution in [0.5, 0.6) is 0 Å². The first-order valence-corrected chi connectivity index (χ1v) is 10.9. The van der Waals surface area contributed by atoms with Crippen LogP contribution in [0.3, 0.4) is 0 Å². The van der Waals surface area contributed by atoms with Crippen molar-refractivity contribution >= 4 is 40.5 Å². The summed E-state index contributed by atoms with van der Waals surface area (Å²) in [4.78, 5) is 40.2. The predicted molar refractivity (Wildman–Crippen MR) is 116 cm³/mol. The third-order valence-electron chi connectivity index (χ3n) is 5.20. The molecule has 1 aliphatic rings. The van der Waals surface area contributed by atoms with Crippen molar-refractivity contribution in [2.24, 2.45) is 0 Å². The van der Waals surface area contributed by atoms with Crippen LogP contribution in [0.4, 0.5) is 0 Å². The summed E-state index contributed by atoms with van der Waals surface area (Å²) < 4.78 is 0.526. The van der Waals surface area contributed by atoms with Crippen molar-refractivity contribution in [2.75, 3.05) is 13.1 Å². The Morgan fingerprint density at radius 1 is 1.14 bits per heavy atom. The number of nitrogens with zero attached hydrogens (tertiary/aromatic N) is 1. The minimum Gasteiger partial charge on any atom is -0.339 e. The van der Waals surface area contributed by atoms with Crippen LogP contribution in [-0.2, 0) is 11.2 Å². The average molecular weight is 433 g/mol. The van der Waals surface area contributed by atoms with E-state index in [9.17, 15) is 14.4 Å². The molecule has 0 unspecified atom stereocenters. The Morgan fingerprint density at radius 2 is 1.83 bits per heavy atom. The van der Waals surface area contributed by atoms with Crippen LogP contribution in [0.2, 0.25) is 4.34 Å². The number of likely N-dealkylation sites (tertiary alicyclic amines) is 1. The van der Waals surface area contributed by atoms with Gasteiger partial charge >= 0.3 is 0 Å². The summed E-state index contributed by atoms with van der Waals surface area (Å²) >= 11 is 7.06. The van der Waals surface area contributed by atoms with Crippen molar-refractivity contribution in [1.82, 2.24) is 10.2 Å². The smallest absolute Gasteiger partial charge is 0.262 e. The van der Waals surface area contributed by atoms with Gasteiger partial charge in [0, 0.05) is 25.1 Å². The molecule has 5 nitrogen and oxygen atoms in total. The van der Waals surface area contributed by atoms with Crippen molar-refractivity contribution in [3.8, 4) is 0 Å². The van der Waals surface area contributed by atoms with E-state index >= 15 is 0 Å². The molecule has 154 valence electrons. The van der Waals surface area contributed by atoms with Crippen LogP contribution in [0.1, 0.15) is 57.8 Å². The highest BCUT2D eigenvalue weighted by Crippen LogP contribution is 2.23. The predicted octanol–water partition coefficient (Wildman–Crippen LogP) is 4.27. The number of benzene rings is 1. The molecule has 1 aromatic carbocycles. The number of amides is 2. The zero-order valence-electron chi connectivity index (χ0n) is 16.9. The number of aryl methyl sites for hydroxylation is 1. The molecule has 29 heavy (non-hydrogen) atoms. The minimum atomic E-state index is -1.02. The second-order valence-corrected chi connectivity index (χ2v) is 9.65. The Bertz CT molecular complexity index is 945. The number of carbonyl (C=O) groups is 3. The van der Waals surface area contributed by atoms with Crippen molar-refractivity contribution in [3.05, 3.63) is 56.2 Å². The number of nitrogens with one attached hydrogen (secondary N) is 1. The maximum absolute atomic E-state index is 12.8. The van der Waals surface area contributed by atoms with Crippen LogP contribution in [-0.4, -0.2) is 41.1 Å². The van der Waals surface area contributed by atoms with E-state index in [4.69, 9.17) is 11.6 Å². The Kier molecular flexibility index (Phi) is 6.44. The van der Waals surface area contributed by atoms with Crippen molar-refractivity contribution in [2.45, 2.75) is 45.6 Å². The molecule has 2 amide bonds. The van der Waals surface area contributed by atoms with Gasteiger partial charge in [-0.15, -0.1) is 11.3 Å². The molecule has 1 N–H and O–H groups in total. The Labute approximate surface area is 180 Å². The number of hydrogen-bond donors (Lipinski definition) is 1. The Morgan fingerprint density at radius 3 is 2.41 bits per heavy atom. The number of ketones is 1. The summed E-state index contributed by atoms with van der Waals surface area (Å²) in [5, 5.41) is 2.79. The lowest BCUT2D eigenvalue weighted by molar-refractivity contribution is -0.123. The fourth-order valence-electron chi connectivity index (χ4n) is 3.42. The van der Waals surface area contributed by atoms with Crippen LogP contribution in [0.25, 0.3) is 0 Å². The van der Waals surface area contributed by atoms with Gasteiger partial charge in [-0.3, -0.25) is 14.4 Å². The van der Waals surface area contributed by atoms with Crippen LogP contribution >= 0.6 is 22.9 Å². The fraction of sp³-hybridized carbons (Fsp3) is 0.409. The molecule has 1 aromatic heterocycles. The summed E-state index contributed by atoms with van der Waals surface area (Å²) in [6.07, 6.45) is 2.28. The molecule has 1 saturated heterocycles. The second kappa shape index (κ2) is 8.67. The molecule has 0 atom stereocenters. The van der Waals surface area contributed by atoms with Crippen molar-refractivity contribution in [1.29, 1.82) is 0 Å². The normalized spacial score (nSPS) is 14.1. The molecule has 0 bridgehead atoms. The molecule has 0 radical (unpaired) electrons. The van der Waals surface area contributed by atoms with E-state index < -0.39 is 5.54 Å². The van der Waals surface area contributed by atoms with Crippen molar-refractivity contribution in [3.63, 3.8) is 0 Å². The van der Waals surface area contributed by atoms with Gasteiger partial charge in [-0.05, 0) is 62.9 Å². The van der Waals surface area contributed by atoms with Gasteiger partial charge in [0.2, 0.25) is 0 Å². The summed E-state index contributed by atoms with van der Waals surface area (Å²) in [5.41, 5.74) is 1.35. The zero-order valence-corrected chi connectivity index (χ0v) is 18.5. The SMILES string of the molecule is Cc1cc(CC(=O)C(C)(C)NC(=O)c2ccc(Cl)s2)ccc1C(=O)N1CCCC1. The number of thiophene rings is 1. The largest absolute Gasteiger partial charge is 0.339 e. The lowest BCUT2D eigenvalue weighted by atomic mass is 9.92. The zero-order chi connectivity index (χ0) is 21.2. The lowest BCUT2D eigenvalue weighted by Gasteiger charge is -2.25. The first-order valence-electron chi connectivity index (χ1n) is 9.67. The highest BCUT2D eigenvalue weighted by molar-refractivity contribution is 7.18. The van der Waals surface area contributed by atoms with Gasteiger partial charge in [0.25, 0.3) is 11.8 Å². The highest BCUT2D eigenvalue weighted by Gasteiger charge is 2.30. The van der Waals surface area contributed by atoms with E-state index in [0.717, 1.165) is 37.1 Å². The third kappa shape index (κ3) is 5.06. The third-order valence-corrected chi connectivity index (χ3v) is 6.43. The number of halogens is 1. The van der Waals surface area contributed by atoms with Crippen LogP contribution < -0.4 is 5.32 Å². The Hall–Kier alpha value is -2.18. The van der Waals surface area contributed by atoms with Gasteiger partial charge in [-0.25, -0.2) is 0 Å². The molecule has 1 aliphatic heterocycles. The van der Waals surface area contributed by atoms with Gasteiger partial charge < -0.3 is 10.2 Å². The van der Waals surface area contributed by atoms with E-state index in [0.29, 0.717) is 14.8 Å². The van der Waals surface area contributed by atoms with Gasteiger partial charge in [-0.2, -0.15) is 0 Å². The summed E-state index contributed by atoms with van der Waals surface area (Å²) in [5.74, 6) is -0.366. The highest BCUT2D eigenvalue weighted by atomic mass is 35.5. The number of hydrogen-bond acceptors (Lipinski definition) is 4. The maximum Gasteiger partial charge on any atom is 0.262 e. The van der Waals surface area contributed by atoms with E-state index in [-0.39, 0.29) is 24.0 Å². The first-order chi connectivity index (χ1) is 13.7. The fourth-order valence-corrected chi connectivity index (χ4v) is 4.36. The molecule has 1 fully saturated rings. The molecule has 7 heteroatoms. The molecule has 0 saturated carbocycles. The number of carbonyl (C=O) groups excluding carboxylic acids is 3. The summed E-state index contributed by atoms with van der Waals surface area (Å²) in [6.45, 7) is 6.90. The van der Waals surface area contributed by atoms with E-state index in [1.165, 1.54) is 11.3 Å². The molecule has 3 rings (SSSR count). The molecule has 0 spiro atoms. The van der Waals surface area contributed by atoms with Gasteiger partial charge in [0.05, 0.1) is 14.8 Å². The standard InChI is InChI=1S/C22H25ClN2O3S/c1-14-12-15(6-7-16(14)21(28)25-10-4-5-11-25)13-18(26)22(2,3)24-20(27)17-8-9-19(23)29-17/h6-9,12H,4-5,10-11,13H2,1-3H3,(H,24,27). The van der Waals surface area contributed by atoms with Crippen LogP contribution in [0.15, 0.2) is 30.3 Å². The second-order valence-electron chi connectivity index (χ2n) is 7.93. The molecular weight excluding hydrogens is 408 g/mol. The van der Waals surface area contributed by atoms with Crippen molar-refractivity contribution < 1.29 is 14.4 Å². The molecule has 0 aliphatic carbocycles. The monoisotopic (exact) mass is 432 g/mol. The quantitative estimate of drug-likeness (QED) is 0.741.